The molecule has 0 saturated carbocycles. The number of benzene rings is 1. The van der Waals surface area contributed by atoms with Crippen molar-refractivity contribution in [3.05, 3.63) is 44.1 Å². The number of carbonyl (C=O) groups is 2. The molecule has 0 spiro atoms. The first kappa shape index (κ1) is 19.3. The van der Waals surface area contributed by atoms with E-state index in [9.17, 15) is 9.59 Å². The Kier molecular flexibility index (Phi) is 5.75. The van der Waals surface area contributed by atoms with Crippen LogP contribution in [0.25, 0.3) is 0 Å². The van der Waals surface area contributed by atoms with Crippen LogP contribution in [0.1, 0.15) is 39.7 Å². The van der Waals surface area contributed by atoms with Crippen LogP contribution in [0.5, 0.6) is 5.88 Å². The minimum absolute atomic E-state index is 0.00210. The van der Waals surface area contributed by atoms with Crippen LogP contribution in [-0.4, -0.2) is 28.3 Å². The molecule has 0 atom stereocenters. The molecule has 0 fully saturated rings. The van der Waals surface area contributed by atoms with Crippen LogP contribution in [0.4, 0.5) is 4.79 Å². The molecule has 0 N–H and O–H groups in total. The van der Waals surface area contributed by atoms with Crippen molar-refractivity contribution in [2.24, 2.45) is 7.05 Å². The van der Waals surface area contributed by atoms with Crippen LogP contribution in [0.2, 0.25) is 10.0 Å². The standard InChI is InChI=1S/C17H18Cl2N2O4/c1-6-24-17(23)25-16-12(10(4)20-21(16)5)15(22)11-7-8(2)13(18)9(3)14(11)19/h7H,6H2,1-5H3. The lowest BCUT2D eigenvalue weighted by atomic mass is 9.99. The molecule has 2 rings (SSSR count). The summed E-state index contributed by atoms with van der Waals surface area (Å²) in [5.41, 5.74) is 2.17. The third-order valence-electron chi connectivity index (χ3n) is 3.69. The van der Waals surface area contributed by atoms with E-state index in [-0.39, 0.29) is 28.6 Å². The average molecular weight is 385 g/mol. The van der Waals surface area contributed by atoms with Gasteiger partial charge in [0.05, 0.1) is 17.3 Å². The monoisotopic (exact) mass is 384 g/mol. The van der Waals surface area contributed by atoms with E-state index in [0.29, 0.717) is 16.3 Å². The predicted octanol–water partition coefficient (Wildman–Crippen LogP) is 4.42. The summed E-state index contributed by atoms with van der Waals surface area (Å²) < 4.78 is 11.2. The highest BCUT2D eigenvalue weighted by Crippen LogP contribution is 2.34. The summed E-state index contributed by atoms with van der Waals surface area (Å²) in [4.78, 5) is 24.7. The van der Waals surface area contributed by atoms with Crippen molar-refractivity contribution in [3.8, 4) is 5.88 Å². The van der Waals surface area contributed by atoms with E-state index < -0.39 is 11.9 Å². The summed E-state index contributed by atoms with van der Waals surface area (Å²) in [5.74, 6) is -0.403. The van der Waals surface area contributed by atoms with Gasteiger partial charge < -0.3 is 9.47 Å². The lowest BCUT2D eigenvalue weighted by Crippen LogP contribution is -2.15. The maximum atomic E-state index is 13.1. The highest BCUT2D eigenvalue weighted by atomic mass is 35.5. The molecule has 0 aliphatic heterocycles. The van der Waals surface area contributed by atoms with Gasteiger partial charge >= 0.3 is 6.16 Å². The molecule has 8 heteroatoms. The van der Waals surface area contributed by atoms with Gasteiger partial charge in [-0.15, -0.1) is 0 Å². The minimum atomic E-state index is -0.908. The molecule has 0 radical (unpaired) electrons. The number of hydrogen-bond donors (Lipinski definition) is 0. The van der Waals surface area contributed by atoms with E-state index in [1.165, 1.54) is 4.68 Å². The fraction of sp³-hybridized carbons (Fsp3) is 0.353. The van der Waals surface area contributed by atoms with Crippen LogP contribution in [0.15, 0.2) is 6.07 Å². The second-order valence-corrected chi connectivity index (χ2v) is 6.25. The Labute approximate surface area is 155 Å². The minimum Gasteiger partial charge on any atom is -0.434 e. The molecule has 0 bridgehead atoms. The molecule has 0 saturated heterocycles. The van der Waals surface area contributed by atoms with Crippen LogP contribution >= 0.6 is 23.2 Å². The Morgan fingerprint density at radius 2 is 1.84 bits per heavy atom. The Morgan fingerprint density at radius 1 is 1.20 bits per heavy atom. The Hall–Kier alpha value is -2.05. The quantitative estimate of drug-likeness (QED) is 0.576. The van der Waals surface area contributed by atoms with Crippen molar-refractivity contribution in [2.45, 2.75) is 27.7 Å². The molecule has 134 valence electrons. The Balaban J connectivity index is 2.56. The van der Waals surface area contributed by atoms with Gasteiger partial charge in [-0.05, 0) is 44.9 Å². The van der Waals surface area contributed by atoms with E-state index in [0.717, 1.165) is 5.56 Å². The topological polar surface area (TPSA) is 70.4 Å². The first-order valence-corrected chi connectivity index (χ1v) is 8.32. The Bertz CT molecular complexity index is 859. The average Bonchev–Trinajstić information content (AvgIpc) is 2.82. The van der Waals surface area contributed by atoms with Crippen LogP contribution in [0, 0.1) is 20.8 Å². The highest BCUT2D eigenvalue weighted by Gasteiger charge is 2.27. The zero-order valence-corrected chi connectivity index (χ0v) is 16.1. The second kappa shape index (κ2) is 7.45. The van der Waals surface area contributed by atoms with Gasteiger partial charge in [0.2, 0.25) is 11.7 Å². The number of aromatic nitrogens is 2. The van der Waals surface area contributed by atoms with E-state index in [2.05, 4.69) is 5.10 Å². The zero-order valence-electron chi connectivity index (χ0n) is 14.6. The molecule has 0 aliphatic carbocycles. The van der Waals surface area contributed by atoms with Crippen LogP contribution < -0.4 is 4.74 Å². The number of ketones is 1. The third kappa shape index (κ3) is 3.65. The largest absolute Gasteiger partial charge is 0.515 e. The van der Waals surface area contributed by atoms with Crippen molar-refractivity contribution < 1.29 is 19.1 Å². The predicted molar refractivity (Wildman–Crippen MR) is 95.0 cm³/mol. The number of aryl methyl sites for hydroxylation is 3. The van der Waals surface area contributed by atoms with Gasteiger partial charge in [0.15, 0.2) is 0 Å². The summed E-state index contributed by atoms with van der Waals surface area (Å²) in [5, 5.41) is 4.92. The number of rotatable bonds is 4. The van der Waals surface area contributed by atoms with Crippen LogP contribution in [-0.2, 0) is 11.8 Å². The molecule has 25 heavy (non-hydrogen) atoms. The molecule has 2 aromatic rings. The fourth-order valence-electron chi connectivity index (χ4n) is 2.48. The molecule has 0 aliphatic rings. The van der Waals surface area contributed by atoms with Crippen molar-refractivity contribution in [1.29, 1.82) is 0 Å². The first-order chi connectivity index (χ1) is 11.7. The van der Waals surface area contributed by atoms with Gasteiger partial charge in [-0.1, -0.05) is 23.2 Å². The summed E-state index contributed by atoms with van der Waals surface area (Å²) in [6.07, 6.45) is -0.908. The maximum Gasteiger partial charge on any atom is 0.515 e. The highest BCUT2D eigenvalue weighted by molar-refractivity contribution is 6.39. The molecular weight excluding hydrogens is 367 g/mol. The van der Waals surface area contributed by atoms with E-state index in [4.69, 9.17) is 32.7 Å². The molecule has 6 nitrogen and oxygen atoms in total. The van der Waals surface area contributed by atoms with Crippen LogP contribution in [0.3, 0.4) is 0 Å². The normalized spacial score (nSPS) is 10.7. The molecule has 1 aromatic carbocycles. The van der Waals surface area contributed by atoms with Crippen molar-refractivity contribution in [2.75, 3.05) is 6.61 Å². The van der Waals surface area contributed by atoms with Gasteiger partial charge in [-0.2, -0.15) is 5.10 Å². The van der Waals surface area contributed by atoms with Crippen molar-refractivity contribution in [1.82, 2.24) is 9.78 Å². The molecular formula is C17H18Cl2N2O4. The SMILES string of the molecule is CCOC(=O)Oc1c(C(=O)c2cc(C)c(Cl)c(C)c2Cl)c(C)nn1C. The summed E-state index contributed by atoms with van der Waals surface area (Å²) in [7, 11) is 1.57. The zero-order chi connectivity index (χ0) is 18.9. The lowest BCUT2D eigenvalue weighted by molar-refractivity contribution is 0.0981. The van der Waals surface area contributed by atoms with Gasteiger partial charge in [-0.25, -0.2) is 9.48 Å². The first-order valence-electron chi connectivity index (χ1n) is 7.57. The fourth-order valence-corrected chi connectivity index (χ4v) is 2.91. The number of halogens is 2. The van der Waals surface area contributed by atoms with E-state index in [1.54, 1.807) is 40.8 Å². The van der Waals surface area contributed by atoms with Gasteiger partial charge in [0, 0.05) is 17.6 Å². The number of hydrogen-bond acceptors (Lipinski definition) is 5. The Morgan fingerprint density at radius 3 is 2.44 bits per heavy atom. The molecule has 0 unspecified atom stereocenters. The van der Waals surface area contributed by atoms with Crippen molar-refractivity contribution >= 4 is 35.1 Å². The third-order valence-corrected chi connectivity index (χ3v) is 4.75. The van der Waals surface area contributed by atoms with Crippen molar-refractivity contribution in [3.63, 3.8) is 0 Å². The maximum absolute atomic E-state index is 13.1. The molecule has 0 amide bonds. The van der Waals surface area contributed by atoms with Gasteiger partial charge in [0.25, 0.3) is 0 Å². The summed E-state index contributed by atoms with van der Waals surface area (Å²) in [6, 6.07) is 1.61. The number of carbonyl (C=O) groups excluding carboxylic acids is 2. The summed E-state index contributed by atoms with van der Waals surface area (Å²) in [6.45, 7) is 6.98. The van der Waals surface area contributed by atoms with Gasteiger partial charge in [-0.3, -0.25) is 4.79 Å². The van der Waals surface area contributed by atoms with E-state index >= 15 is 0 Å². The molecule has 1 heterocycles. The lowest BCUT2D eigenvalue weighted by Gasteiger charge is -2.11. The van der Waals surface area contributed by atoms with E-state index in [1.807, 2.05) is 0 Å². The van der Waals surface area contributed by atoms with Gasteiger partial charge in [0.1, 0.15) is 5.56 Å². The molecule has 1 aromatic heterocycles. The number of ether oxygens (including phenoxy) is 2. The second-order valence-electron chi connectivity index (χ2n) is 5.50. The number of nitrogens with zero attached hydrogens (tertiary/aromatic N) is 2. The summed E-state index contributed by atoms with van der Waals surface area (Å²) >= 11 is 12.5. The smallest absolute Gasteiger partial charge is 0.434 e.